The molecule has 1 saturated heterocycles. The summed E-state index contributed by atoms with van der Waals surface area (Å²) in [5, 5.41) is 3.48. The van der Waals surface area contributed by atoms with Crippen LogP contribution in [0.25, 0.3) is 0 Å². The molecule has 1 aromatic rings. The van der Waals surface area contributed by atoms with Crippen LogP contribution in [0.3, 0.4) is 0 Å². The lowest BCUT2D eigenvalue weighted by molar-refractivity contribution is 0.264. The van der Waals surface area contributed by atoms with Gasteiger partial charge in [0.1, 0.15) is 0 Å². The summed E-state index contributed by atoms with van der Waals surface area (Å²) >= 11 is 0. The van der Waals surface area contributed by atoms with E-state index < -0.39 is 9.84 Å². The standard InChI is InChI=1S/C14H22N2O2S/c1-3-19(17,18)14-6-4-12(5-7-14)15-13-8-10-16(2)11-9-13/h4-7,13,15H,3,8-11H2,1-2H3. The quantitative estimate of drug-likeness (QED) is 0.917. The lowest BCUT2D eigenvalue weighted by Gasteiger charge is -2.30. The van der Waals surface area contributed by atoms with Gasteiger partial charge in [-0.15, -0.1) is 0 Å². The number of nitrogens with zero attached hydrogens (tertiary/aromatic N) is 1. The van der Waals surface area contributed by atoms with E-state index in [1.165, 1.54) is 0 Å². The van der Waals surface area contributed by atoms with Crippen LogP contribution < -0.4 is 5.32 Å². The van der Waals surface area contributed by atoms with Crippen LogP contribution in [0.15, 0.2) is 29.2 Å². The Kier molecular flexibility index (Phi) is 4.47. The van der Waals surface area contributed by atoms with E-state index in [0.29, 0.717) is 10.9 Å². The summed E-state index contributed by atoms with van der Waals surface area (Å²) < 4.78 is 23.4. The molecular formula is C14H22N2O2S. The van der Waals surface area contributed by atoms with Gasteiger partial charge >= 0.3 is 0 Å². The van der Waals surface area contributed by atoms with Gasteiger partial charge in [-0.25, -0.2) is 8.42 Å². The number of rotatable bonds is 4. The summed E-state index contributed by atoms with van der Waals surface area (Å²) in [4.78, 5) is 2.73. The molecule has 0 unspecified atom stereocenters. The first kappa shape index (κ1) is 14.3. The molecule has 4 nitrogen and oxygen atoms in total. The second-order valence-electron chi connectivity index (χ2n) is 5.15. The second-order valence-corrected chi connectivity index (χ2v) is 7.43. The zero-order valence-corrected chi connectivity index (χ0v) is 12.4. The molecule has 0 radical (unpaired) electrons. The van der Waals surface area contributed by atoms with E-state index in [0.717, 1.165) is 31.6 Å². The van der Waals surface area contributed by atoms with Gasteiger partial charge in [-0.1, -0.05) is 6.92 Å². The number of anilines is 1. The maximum Gasteiger partial charge on any atom is 0.178 e. The van der Waals surface area contributed by atoms with E-state index in [1.54, 1.807) is 19.1 Å². The fourth-order valence-electron chi connectivity index (χ4n) is 2.31. The Morgan fingerprint density at radius 1 is 1.21 bits per heavy atom. The second kappa shape index (κ2) is 5.92. The third kappa shape index (κ3) is 3.70. The van der Waals surface area contributed by atoms with Crippen molar-refractivity contribution >= 4 is 15.5 Å². The van der Waals surface area contributed by atoms with Gasteiger partial charge in [0, 0.05) is 11.7 Å². The molecule has 0 aromatic heterocycles. The molecule has 1 heterocycles. The van der Waals surface area contributed by atoms with Crippen molar-refractivity contribution in [2.24, 2.45) is 0 Å². The molecule has 2 rings (SSSR count). The number of hydrogen-bond acceptors (Lipinski definition) is 4. The van der Waals surface area contributed by atoms with Gasteiger partial charge < -0.3 is 10.2 Å². The molecule has 0 amide bonds. The fraction of sp³-hybridized carbons (Fsp3) is 0.571. The number of nitrogens with one attached hydrogen (secondary N) is 1. The molecule has 1 aliphatic rings. The van der Waals surface area contributed by atoms with E-state index in [4.69, 9.17) is 0 Å². The van der Waals surface area contributed by atoms with E-state index in [1.807, 2.05) is 12.1 Å². The number of hydrogen-bond donors (Lipinski definition) is 1. The molecule has 5 heteroatoms. The molecule has 0 saturated carbocycles. The molecular weight excluding hydrogens is 260 g/mol. The van der Waals surface area contributed by atoms with Gasteiger partial charge in [-0.3, -0.25) is 0 Å². The maximum atomic E-state index is 11.7. The highest BCUT2D eigenvalue weighted by Crippen LogP contribution is 2.19. The average Bonchev–Trinajstić information content (AvgIpc) is 2.42. The zero-order valence-electron chi connectivity index (χ0n) is 11.6. The van der Waals surface area contributed by atoms with Crippen molar-refractivity contribution in [3.63, 3.8) is 0 Å². The highest BCUT2D eigenvalue weighted by Gasteiger charge is 2.16. The van der Waals surface area contributed by atoms with Gasteiger partial charge in [0.15, 0.2) is 9.84 Å². The maximum absolute atomic E-state index is 11.7. The van der Waals surface area contributed by atoms with Crippen LogP contribution in [0.1, 0.15) is 19.8 Å². The minimum Gasteiger partial charge on any atom is -0.382 e. The van der Waals surface area contributed by atoms with Crippen molar-refractivity contribution < 1.29 is 8.42 Å². The Labute approximate surface area is 115 Å². The van der Waals surface area contributed by atoms with Crippen molar-refractivity contribution in [3.05, 3.63) is 24.3 Å². The molecule has 1 fully saturated rings. The Morgan fingerprint density at radius 2 is 1.79 bits per heavy atom. The molecule has 0 atom stereocenters. The van der Waals surface area contributed by atoms with Crippen LogP contribution >= 0.6 is 0 Å². The normalized spacial score (nSPS) is 18.4. The minimum atomic E-state index is -3.09. The van der Waals surface area contributed by atoms with Crippen LogP contribution in [0.2, 0.25) is 0 Å². The van der Waals surface area contributed by atoms with E-state index >= 15 is 0 Å². The summed E-state index contributed by atoms with van der Waals surface area (Å²) in [5.41, 5.74) is 1.00. The van der Waals surface area contributed by atoms with Crippen LogP contribution in [0, 0.1) is 0 Å². The molecule has 0 bridgehead atoms. The van der Waals surface area contributed by atoms with Gasteiger partial charge in [-0.2, -0.15) is 0 Å². The Morgan fingerprint density at radius 3 is 2.32 bits per heavy atom. The highest BCUT2D eigenvalue weighted by atomic mass is 32.2. The summed E-state index contributed by atoms with van der Waals surface area (Å²) in [5.74, 6) is 0.148. The van der Waals surface area contributed by atoms with Crippen molar-refractivity contribution in [1.29, 1.82) is 0 Å². The predicted molar refractivity (Wildman–Crippen MR) is 78.3 cm³/mol. The lowest BCUT2D eigenvalue weighted by atomic mass is 10.1. The van der Waals surface area contributed by atoms with Crippen molar-refractivity contribution in [2.75, 3.05) is 31.2 Å². The molecule has 106 valence electrons. The minimum absolute atomic E-state index is 0.148. The SMILES string of the molecule is CCS(=O)(=O)c1ccc(NC2CCN(C)CC2)cc1. The monoisotopic (exact) mass is 282 g/mol. The summed E-state index contributed by atoms with van der Waals surface area (Å²) in [6.07, 6.45) is 2.26. The summed E-state index contributed by atoms with van der Waals surface area (Å²) in [7, 11) is -0.950. The molecule has 19 heavy (non-hydrogen) atoms. The van der Waals surface area contributed by atoms with Crippen LogP contribution in [0.4, 0.5) is 5.69 Å². The third-order valence-corrected chi connectivity index (χ3v) is 5.43. The zero-order chi connectivity index (χ0) is 13.9. The van der Waals surface area contributed by atoms with Gasteiger partial charge in [0.05, 0.1) is 10.6 Å². The fourth-order valence-corrected chi connectivity index (χ4v) is 3.20. The summed E-state index contributed by atoms with van der Waals surface area (Å²) in [6.45, 7) is 3.89. The van der Waals surface area contributed by atoms with E-state index in [-0.39, 0.29) is 5.75 Å². The van der Waals surface area contributed by atoms with Crippen molar-refractivity contribution in [3.8, 4) is 0 Å². The molecule has 1 aromatic carbocycles. The largest absolute Gasteiger partial charge is 0.382 e. The van der Waals surface area contributed by atoms with Crippen molar-refractivity contribution in [2.45, 2.75) is 30.7 Å². The Balaban J connectivity index is 1.99. The van der Waals surface area contributed by atoms with Crippen LogP contribution in [-0.2, 0) is 9.84 Å². The summed E-state index contributed by atoms with van der Waals surface area (Å²) in [6, 6.07) is 7.60. The van der Waals surface area contributed by atoms with E-state index in [9.17, 15) is 8.42 Å². The van der Waals surface area contributed by atoms with Gasteiger partial charge in [0.2, 0.25) is 0 Å². The first-order valence-corrected chi connectivity index (χ1v) is 8.44. The average molecular weight is 282 g/mol. The molecule has 1 N–H and O–H groups in total. The molecule has 1 aliphatic heterocycles. The number of benzene rings is 1. The van der Waals surface area contributed by atoms with E-state index in [2.05, 4.69) is 17.3 Å². The molecule has 0 spiro atoms. The number of likely N-dealkylation sites (tertiary alicyclic amines) is 1. The van der Waals surface area contributed by atoms with Crippen molar-refractivity contribution in [1.82, 2.24) is 4.90 Å². The number of sulfone groups is 1. The topological polar surface area (TPSA) is 49.4 Å². The lowest BCUT2D eigenvalue weighted by Crippen LogP contribution is -2.36. The van der Waals surface area contributed by atoms with Gasteiger partial charge in [-0.05, 0) is 57.2 Å². The van der Waals surface area contributed by atoms with Gasteiger partial charge in [0.25, 0.3) is 0 Å². The smallest absolute Gasteiger partial charge is 0.178 e. The highest BCUT2D eigenvalue weighted by molar-refractivity contribution is 7.91. The van der Waals surface area contributed by atoms with Crippen LogP contribution in [-0.4, -0.2) is 45.2 Å². The Hall–Kier alpha value is -1.07. The predicted octanol–water partition coefficient (Wildman–Crippen LogP) is 1.99. The third-order valence-electron chi connectivity index (χ3n) is 3.68. The number of piperidine rings is 1. The molecule has 0 aliphatic carbocycles. The first-order valence-electron chi connectivity index (χ1n) is 6.79. The Bertz CT molecular complexity index is 503. The van der Waals surface area contributed by atoms with Crippen LogP contribution in [0.5, 0.6) is 0 Å². The first-order chi connectivity index (χ1) is 9.01.